The zero-order chi connectivity index (χ0) is 12.1. The smallest absolute Gasteiger partial charge is 0.397 e. The van der Waals surface area contributed by atoms with Gasteiger partial charge >= 0.3 is 11.9 Å². The van der Waals surface area contributed by atoms with Crippen molar-refractivity contribution >= 4 is 17.8 Å². The van der Waals surface area contributed by atoms with E-state index in [4.69, 9.17) is 5.73 Å². The number of amides is 2. The summed E-state index contributed by atoms with van der Waals surface area (Å²) in [6, 6.07) is -0.675. The molecule has 16 heavy (non-hydrogen) atoms. The van der Waals surface area contributed by atoms with Crippen molar-refractivity contribution in [3.05, 3.63) is 0 Å². The van der Waals surface area contributed by atoms with Gasteiger partial charge in [0.15, 0.2) is 0 Å². The molecule has 1 aliphatic rings. The second kappa shape index (κ2) is 5.48. The summed E-state index contributed by atoms with van der Waals surface area (Å²) >= 11 is 0. The van der Waals surface area contributed by atoms with Crippen molar-refractivity contribution in [2.45, 2.75) is 32.2 Å². The van der Waals surface area contributed by atoms with Gasteiger partial charge in [0.05, 0.1) is 6.61 Å². The quantitative estimate of drug-likeness (QED) is 0.505. The number of primary amides is 1. The molecule has 1 aliphatic heterocycles. The Morgan fingerprint density at radius 3 is 2.62 bits per heavy atom. The van der Waals surface area contributed by atoms with Crippen LogP contribution in [-0.2, 0) is 19.1 Å². The molecule has 1 fully saturated rings. The lowest BCUT2D eigenvalue weighted by Crippen LogP contribution is -2.52. The average Bonchev–Trinajstić information content (AvgIpc) is 2.28. The van der Waals surface area contributed by atoms with Crippen molar-refractivity contribution in [3.8, 4) is 0 Å². The summed E-state index contributed by atoms with van der Waals surface area (Å²) in [6.07, 6.45) is 2.12. The van der Waals surface area contributed by atoms with Crippen LogP contribution in [0.5, 0.6) is 0 Å². The minimum Gasteiger partial charge on any atom is -0.459 e. The minimum absolute atomic E-state index is 0.139. The van der Waals surface area contributed by atoms with E-state index in [2.05, 4.69) is 4.74 Å². The molecule has 0 bridgehead atoms. The molecule has 1 heterocycles. The number of hydrogen-bond donors (Lipinski definition) is 1. The molecule has 0 aliphatic carbocycles. The number of carbonyl (C=O) groups is 3. The Kier molecular flexibility index (Phi) is 4.28. The van der Waals surface area contributed by atoms with Crippen LogP contribution in [-0.4, -0.2) is 41.9 Å². The molecule has 0 aromatic carbocycles. The van der Waals surface area contributed by atoms with Gasteiger partial charge in [0.25, 0.3) is 0 Å². The van der Waals surface area contributed by atoms with Crippen molar-refractivity contribution in [2.75, 3.05) is 13.2 Å². The highest BCUT2D eigenvalue weighted by atomic mass is 16.5. The van der Waals surface area contributed by atoms with Crippen molar-refractivity contribution in [3.63, 3.8) is 0 Å². The van der Waals surface area contributed by atoms with Crippen LogP contribution >= 0.6 is 0 Å². The Labute approximate surface area is 93.7 Å². The Balaban J connectivity index is 2.71. The fraction of sp³-hybridized carbons (Fsp3) is 0.700. The van der Waals surface area contributed by atoms with Gasteiger partial charge in [0.1, 0.15) is 6.04 Å². The van der Waals surface area contributed by atoms with Gasteiger partial charge in [-0.15, -0.1) is 0 Å². The first-order valence-corrected chi connectivity index (χ1v) is 5.35. The highest BCUT2D eigenvalue weighted by Gasteiger charge is 2.34. The van der Waals surface area contributed by atoms with Gasteiger partial charge in [-0.25, -0.2) is 4.79 Å². The van der Waals surface area contributed by atoms with Gasteiger partial charge in [0, 0.05) is 6.54 Å². The highest BCUT2D eigenvalue weighted by Crippen LogP contribution is 2.17. The molecular formula is C10H16N2O4. The van der Waals surface area contributed by atoms with Crippen molar-refractivity contribution in [2.24, 2.45) is 5.73 Å². The van der Waals surface area contributed by atoms with Gasteiger partial charge in [-0.3, -0.25) is 9.59 Å². The molecule has 0 aromatic rings. The molecule has 6 nitrogen and oxygen atoms in total. The number of hydrogen-bond acceptors (Lipinski definition) is 4. The van der Waals surface area contributed by atoms with E-state index in [9.17, 15) is 14.4 Å². The predicted octanol–water partition coefficient (Wildman–Crippen LogP) is -0.584. The largest absolute Gasteiger partial charge is 0.459 e. The van der Waals surface area contributed by atoms with E-state index in [-0.39, 0.29) is 6.61 Å². The monoisotopic (exact) mass is 228 g/mol. The lowest BCUT2D eigenvalue weighted by molar-refractivity contribution is -0.162. The minimum atomic E-state index is -0.921. The maximum absolute atomic E-state index is 11.6. The molecule has 6 heteroatoms. The number of nitrogens with two attached hydrogens (primary N) is 1. The Hall–Kier alpha value is -1.59. The number of nitrogens with zero attached hydrogens (tertiary/aromatic N) is 1. The normalized spacial score (nSPS) is 20.3. The molecular weight excluding hydrogens is 212 g/mol. The zero-order valence-corrected chi connectivity index (χ0v) is 9.27. The summed E-state index contributed by atoms with van der Waals surface area (Å²) in [5.74, 6) is -2.27. The number of rotatable bonds is 2. The van der Waals surface area contributed by atoms with E-state index in [0.29, 0.717) is 13.0 Å². The SMILES string of the molecule is CCOC(=O)C(=O)N1CCCCC1C(N)=O. The van der Waals surface area contributed by atoms with Crippen LogP contribution in [0.2, 0.25) is 0 Å². The summed E-state index contributed by atoms with van der Waals surface area (Å²) in [5.41, 5.74) is 5.18. The summed E-state index contributed by atoms with van der Waals surface area (Å²) in [4.78, 5) is 35.2. The van der Waals surface area contributed by atoms with Gasteiger partial charge < -0.3 is 15.4 Å². The van der Waals surface area contributed by atoms with Crippen LogP contribution in [0.15, 0.2) is 0 Å². The van der Waals surface area contributed by atoms with Crippen LogP contribution in [0.1, 0.15) is 26.2 Å². The standard InChI is InChI=1S/C10H16N2O4/c1-2-16-10(15)9(14)12-6-4-3-5-7(12)8(11)13/h7H,2-6H2,1H3,(H2,11,13). The summed E-state index contributed by atoms with van der Waals surface area (Å²) in [7, 11) is 0. The molecule has 0 radical (unpaired) electrons. The first-order valence-electron chi connectivity index (χ1n) is 5.35. The third kappa shape index (κ3) is 2.71. The summed E-state index contributed by atoms with van der Waals surface area (Å²) in [6.45, 7) is 2.14. The van der Waals surface area contributed by atoms with Crippen LogP contribution in [0, 0.1) is 0 Å². The van der Waals surface area contributed by atoms with E-state index >= 15 is 0 Å². The molecule has 1 unspecified atom stereocenters. The maximum atomic E-state index is 11.6. The predicted molar refractivity (Wildman–Crippen MR) is 55.2 cm³/mol. The average molecular weight is 228 g/mol. The highest BCUT2D eigenvalue weighted by molar-refractivity contribution is 6.32. The maximum Gasteiger partial charge on any atom is 0.397 e. The van der Waals surface area contributed by atoms with E-state index in [0.717, 1.165) is 12.8 Å². The van der Waals surface area contributed by atoms with Gasteiger partial charge in [0.2, 0.25) is 5.91 Å². The number of piperidine rings is 1. The van der Waals surface area contributed by atoms with Crippen LogP contribution in [0.4, 0.5) is 0 Å². The zero-order valence-electron chi connectivity index (χ0n) is 9.27. The van der Waals surface area contributed by atoms with Crippen LogP contribution < -0.4 is 5.73 Å². The van der Waals surface area contributed by atoms with E-state index < -0.39 is 23.8 Å². The Morgan fingerprint density at radius 1 is 1.38 bits per heavy atom. The third-order valence-corrected chi connectivity index (χ3v) is 2.54. The molecule has 2 N–H and O–H groups in total. The van der Waals surface area contributed by atoms with Crippen molar-refractivity contribution in [1.29, 1.82) is 0 Å². The lowest BCUT2D eigenvalue weighted by Gasteiger charge is -2.32. The van der Waals surface area contributed by atoms with Gasteiger partial charge in [-0.1, -0.05) is 0 Å². The van der Waals surface area contributed by atoms with Crippen LogP contribution in [0.25, 0.3) is 0 Å². The van der Waals surface area contributed by atoms with Gasteiger partial charge in [-0.2, -0.15) is 0 Å². The molecule has 2 amide bonds. The second-order valence-electron chi connectivity index (χ2n) is 3.63. The van der Waals surface area contributed by atoms with E-state index in [1.807, 2.05) is 0 Å². The molecule has 0 saturated carbocycles. The fourth-order valence-electron chi connectivity index (χ4n) is 1.78. The summed E-state index contributed by atoms with van der Waals surface area (Å²) in [5, 5.41) is 0. The Morgan fingerprint density at radius 2 is 2.06 bits per heavy atom. The number of carbonyl (C=O) groups excluding carboxylic acids is 3. The number of ether oxygens (including phenoxy) is 1. The van der Waals surface area contributed by atoms with Gasteiger partial charge in [-0.05, 0) is 26.2 Å². The third-order valence-electron chi connectivity index (χ3n) is 2.54. The molecule has 1 rings (SSSR count). The van der Waals surface area contributed by atoms with Crippen LogP contribution in [0.3, 0.4) is 0 Å². The first kappa shape index (κ1) is 12.5. The van der Waals surface area contributed by atoms with Crippen molar-refractivity contribution < 1.29 is 19.1 Å². The Bertz CT molecular complexity index is 303. The fourth-order valence-corrected chi connectivity index (χ4v) is 1.78. The van der Waals surface area contributed by atoms with E-state index in [1.54, 1.807) is 6.92 Å². The summed E-state index contributed by atoms with van der Waals surface area (Å²) < 4.78 is 4.60. The number of esters is 1. The van der Waals surface area contributed by atoms with Crippen molar-refractivity contribution in [1.82, 2.24) is 4.90 Å². The second-order valence-corrected chi connectivity index (χ2v) is 3.63. The number of likely N-dealkylation sites (tertiary alicyclic amines) is 1. The first-order chi connectivity index (χ1) is 7.57. The topological polar surface area (TPSA) is 89.7 Å². The molecule has 1 atom stereocenters. The lowest BCUT2D eigenvalue weighted by atomic mass is 10.0. The van der Waals surface area contributed by atoms with E-state index in [1.165, 1.54) is 4.90 Å². The molecule has 0 spiro atoms. The molecule has 90 valence electrons. The molecule has 1 saturated heterocycles. The molecule has 0 aromatic heterocycles.